The SMILES string of the molecule is O=C[C@H]1CN(C2(CC(=O)O)CCC2)C[C@@H]1c1ccccc1. The van der Waals surface area contributed by atoms with Crippen molar-refractivity contribution < 1.29 is 14.7 Å². The zero-order chi connectivity index (χ0) is 14.9. The van der Waals surface area contributed by atoms with E-state index in [1.54, 1.807) is 0 Å². The molecule has 1 heterocycles. The molecule has 1 aliphatic heterocycles. The summed E-state index contributed by atoms with van der Waals surface area (Å²) in [5.74, 6) is -0.575. The fraction of sp³-hybridized carbons (Fsp3) is 0.529. The van der Waals surface area contributed by atoms with Crippen LogP contribution in [0.3, 0.4) is 0 Å². The lowest BCUT2D eigenvalue weighted by Crippen LogP contribution is -2.54. The summed E-state index contributed by atoms with van der Waals surface area (Å²) < 4.78 is 0. The van der Waals surface area contributed by atoms with E-state index in [2.05, 4.69) is 17.0 Å². The standard InChI is InChI=1S/C17H21NO3/c19-12-14-10-18(17(7-4-8-17)9-16(20)21)11-15(14)13-5-2-1-3-6-13/h1-3,5-6,12,14-15H,4,7-11H2,(H,20,21)/t14-,15-/m1/s1. The summed E-state index contributed by atoms with van der Waals surface area (Å²) in [6, 6.07) is 10.1. The Morgan fingerprint density at radius 3 is 2.52 bits per heavy atom. The van der Waals surface area contributed by atoms with E-state index < -0.39 is 5.97 Å². The van der Waals surface area contributed by atoms with Gasteiger partial charge in [0, 0.05) is 30.5 Å². The topological polar surface area (TPSA) is 57.6 Å². The fourth-order valence-corrected chi connectivity index (χ4v) is 3.88. The number of hydrogen-bond donors (Lipinski definition) is 1. The van der Waals surface area contributed by atoms with Crippen LogP contribution in [0.2, 0.25) is 0 Å². The second-order valence-corrected chi connectivity index (χ2v) is 6.37. The zero-order valence-corrected chi connectivity index (χ0v) is 12.1. The molecule has 1 aromatic rings. The largest absolute Gasteiger partial charge is 0.481 e. The number of rotatable bonds is 5. The molecule has 0 unspecified atom stereocenters. The monoisotopic (exact) mass is 287 g/mol. The third-order valence-corrected chi connectivity index (χ3v) is 5.20. The molecule has 0 radical (unpaired) electrons. The van der Waals surface area contributed by atoms with E-state index in [1.807, 2.05) is 18.2 Å². The minimum Gasteiger partial charge on any atom is -0.481 e. The molecular formula is C17H21NO3. The van der Waals surface area contributed by atoms with Crippen molar-refractivity contribution in [3.63, 3.8) is 0 Å². The second-order valence-electron chi connectivity index (χ2n) is 6.37. The van der Waals surface area contributed by atoms with Crippen LogP contribution < -0.4 is 0 Å². The Morgan fingerprint density at radius 1 is 1.29 bits per heavy atom. The van der Waals surface area contributed by atoms with E-state index in [0.717, 1.165) is 32.1 Å². The number of carboxylic acid groups (broad SMARTS) is 1. The first-order valence-corrected chi connectivity index (χ1v) is 7.62. The van der Waals surface area contributed by atoms with Crippen molar-refractivity contribution >= 4 is 12.3 Å². The number of benzene rings is 1. The Balaban J connectivity index is 1.80. The van der Waals surface area contributed by atoms with Gasteiger partial charge in [0.15, 0.2) is 0 Å². The number of carbonyl (C=O) groups excluding carboxylic acids is 1. The maximum atomic E-state index is 11.4. The van der Waals surface area contributed by atoms with E-state index in [4.69, 9.17) is 0 Å². The normalized spacial score (nSPS) is 28.0. The Kier molecular flexibility index (Phi) is 3.81. The number of hydrogen-bond acceptors (Lipinski definition) is 3. The summed E-state index contributed by atoms with van der Waals surface area (Å²) >= 11 is 0. The second kappa shape index (κ2) is 5.60. The highest BCUT2D eigenvalue weighted by Gasteiger charge is 2.49. The Hall–Kier alpha value is -1.68. The van der Waals surface area contributed by atoms with E-state index in [-0.39, 0.29) is 23.8 Å². The van der Waals surface area contributed by atoms with Crippen LogP contribution in [-0.2, 0) is 9.59 Å². The molecule has 2 atom stereocenters. The van der Waals surface area contributed by atoms with E-state index in [9.17, 15) is 14.7 Å². The van der Waals surface area contributed by atoms with Crippen molar-refractivity contribution in [2.75, 3.05) is 13.1 Å². The van der Waals surface area contributed by atoms with Crippen LogP contribution in [0.25, 0.3) is 0 Å². The third kappa shape index (κ3) is 2.60. The van der Waals surface area contributed by atoms with Crippen LogP contribution in [0.4, 0.5) is 0 Å². The van der Waals surface area contributed by atoms with Crippen LogP contribution in [0.1, 0.15) is 37.2 Å². The summed E-state index contributed by atoms with van der Waals surface area (Å²) in [5.41, 5.74) is 0.971. The van der Waals surface area contributed by atoms with Crippen LogP contribution in [0, 0.1) is 5.92 Å². The predicted molar refractivity (Wildman–Crippen MR) is 79.1 cm³/mol. The minimum atomic E-state index is -0.736. The molecule has 1 saturated carbocycles. The van der Waals surface area contributed by atoms with Gasteiger partial charge < -0.3 is 9.90 Å². The van der Waals surface area contributed by atoms with Gasteiger partial charge in [-0.1, -0.05) is 30.3 Å². The molecule has 4 heteroatoms. The van der Waals surface area contributed by atoms with Crippen LogP contribution in [0.15, 0.2) is 30.3 Å². The predicted octanol–water partition coefficient (Wildman–Crippen LogP) is 2.30. The van der Waals surface area contributed by atoms with E-state index in [1.165, 1.54) is 5.56 Å². The number of likely N-dealkylation sites (tertiary alicyclic amines) is 1. The Labute approximate surface area is 124 Å². The zero-order valence-electron chi connectivity index (χ0n) is 12.1. The minimum absolute atomic E-state index is 0.0290. The number of carboxylic acids is 1. The number of aliphatic carboxylic acids is 1. The molecule has 2 aliphatic rings. The Morgan fingerprint density at radius 2 is 2.00 bits per heavy atom. The summed E-state index contributed by atoms with van der Waals surface area (Å²) in [7, 11) is 0. The van der Waals surface area contributed by atoms with Crippen molar-refractivity contribution in [1.29, 1.82) is 0 Å². The van der Waals surface area contributed by atoms with Gasteiger partial charge in [-0.05, 0) is 24.8 Å². The summed E-state index contributed by atoms with van der Waals surface area (Å²) in [6.45, 7) is 1.48. The molecule has 0 aromatic heterocycles. The molecule has 112 valence electrons. The molecule has 4 nitrogen and oxygen atoms in total. The smallest absolute Gasteiger partial charge is 0.305 e. The first-order valence-electron chi connectivity index (χ1n) is 7.62. The van der Waals surface area contributed by atoms with Crippen molar-refractivity contribution in [2.45, 2.75) is 37.1 Å². The molecule has 1 N–H and O–H groups in total. The van der Waals surface area contributed by atoms with Gasteiger partial charge in [0.1, 0.15) is 6.29 Å². The summed E-state index contributed by atoms with van der Waals surface area (Å²) in [4.78, 5) is 24.9. The third-order valence-electron chi connectivity index (χ3n) is 5.20. The van der Waals surface area contributed by atoms with Gasteiger partial charge in [0.05, 0.1) is 6.42 Å². The van der Waals surface area contributed by atoms with Crippen molar-refractivity contribution in [3.05, 3.63) is 35.9 Å². The first-order chi connectivity index (χ1) is 10.1. The van der Waals surface area contributed by atoms with Crippen LogP contribution >= 0.6 is 0 Å². The highest BCUT2D eigenvalue weighted by molar-refractivity contribution is 5.68. The Bertz CT molecular complexity index is 524. The molecule has 1 aliphatic carbocycles. The summed E-state index contributed by atoms with van der Waals surface area (Å²) in [5, 5.41) is 9.18. The molecule has 2 fully saturated rings. The lowest BCUT2D eigenvalue weighted by Gasteiger charge is -2.48. The lowest BCUT2D eigenvalue weighted by atomic mass is 9.73. The van der Waals surface area contributed by atoms with Gasteiger partial charge in [-0.25, -0.2) is 0 Å². The molecule has 0 bridgehead atoms. The first kappa shape index (κ1) is 14.3. The quantitative estimate of drug-likeness (QED) is 0.844. The van der Waals surface area contributed by atoms with Crippen LogP contribution in [-0.4, -0.2) is 40.9 Å². The maximum Gasteiger partial charge on any atom is 0.305 e. The average molecular weight is 287 g/mol. The van der Waals surface area contributed by atoms with Crippen molar-refractivity contribution in [2.24, 2.45) is 5.92 Å². The van der Waals surface area contributed by atoms with Gasteiger partial charge in [-0.2, -0.15) is 0 Å². The van der Waals surface area contributed by atoms with Gasteiger partial charge in [0.25, 0.3) is 0 Å². The van der Waals surface area contributed by atoms with Crippen molar-refractivity contribution in [1.82, 2.24) is 4.90 Å². The number of nitrogens with zero attached hydrogens (tertiary/aromatic N) is 1. The summed E-state index contributed by atoms with van der Waals surface area (Å²) in [6.07, 6.45) is 4.20. The number of carbonyl (C=O) groups is 2. The van der Waals surface area contributed by atoms with Gasteiger partial charge in [0.2, 0.25) is 0 Å². The molecular weight excluding hydrogens is 266 g/mol. The van der Waals surface area contributed by atoms with Crippen LogP contribution in [0.5, 0.6) is 0 Å². The van der Waals surface area contributed by atoms with Gasteiger partial charge >= 0.3 is 5.97 Å². The highest BCUT2D eigenvalue weighted by Crippen LogP contribution is 2.45. The maximum absolute atomic E-state index is 11.4. The number of aldehydes is 1. The molecule has 1 aromatic carbocycles. The van der Waals surface area contributed by atoms with Gasteiger partial charge in [-0.3, -0.25) is 9.69 Å². The fourth-order valence-electron chi connectivity index (χ4n) is 3.88. The molecule has 0 amide bonds. The lowest BCUT2D eigenvalue weighted by molar-refractivity contribution is -0.142. The molecule has 1 saturated heterocycles. The highest BCUT2D eigenvalue weighted by atomic mass is 16.4. The van der Waals surface area contributed by atoms with Crippen molar-refractivity contribution in [3.8, 4) is 0 Å². The van der Waals surface area contributed by atoms with E-state index in [0.29, 0.717) is 6.54 Å². The molecule has 21 heavy (non-hydrogen) atoms. The molecule has 3 rings (SSSR count). The van der Waals surface area contributed by atoms with E-state index >= 15 is 0 Å². The average Bonchev–Trinajstić information content (AvgIpc) is 2.88. The molecule has 0 spiro atoms. The van der Waals surface area contributed by atoms with Gasteiger partial charge in [-0.15, -0.1) is 0 Å².